The van der Waals surface area contributed by atoms with Gasteiger partial charge in [-0.25, -0.2) is 23.1 Å². The predicted molar refractivity (Wildman–Crippen MR) is 177 cm³/mol. The second kappa shape index (κ2) is 14.3. The van der Waals surface area contributed by atoms with Crippen molar-refractivity contribution in [2.45, 2.75) is 64.7 Å². The summed E-state index contributed by atoms with van der Waals surface area (Å²) in [5, 5.41) is 0. The molecule has 2 fully saturated rings. The third-order valence-corrected chi connectivity index (χ3v) is 9.85. The molecule has 1 unspecified atom stereocenters. The van der Waals surface area contributed by atoms with Crippen molar-refractivity contribution >= 4 is 11.9 Å². The van der Waals surface area contributed by atoms with Crippen molar-refractivity contribution in [2.75, 3.05) is 19.7 Å². The van der Waals surface area contributed by atoms with E-state index < -0.39 is 17.5 Å². The van der Waals surface area contributed by atoms with Crippen LogP contribution in [0.15, 0.2) is 66.9 Å². The zero-order valence-electron chi connectivity index (χ0n) is 27.5. The fourth-order valence-electron chi connectivity index (χ4n) is 6.95. The number of aromatic nitrogens is 2. The van der Waals surface area contributed by atoms with E-state index in [1.165, 1.54) is 29.2 Å². The second-order valence-electron chi connectivity index (χ2n) is 13.2. The summed E-state index contributed by atoms with van der Waals surface area (Å²) in [6.45, 7) is 6.94. The number of hydrogen-bond acceptors (Lipinski definition) is 5. The van der Waals surface area contributed by atoms with Crippen LogP contribution in [0.2, 0.25) is 0 Å². The van der Waals surface area contributed by atoms with Gasteiger partial charge in [-0.05, 0) is 84.7 Å². The first-order valence-corrected chi connectivity index (χ1v) is 16.7. The zero-order chi connectivity index (χ0) is 33.9. The normalized spacial score (nSPS) is 16.4. The lowest BCUT2D eigenvalue weighted by molar-refractivity contribution is -0.141. The standard InChI is InChI=1S/C23H26F3N3O.C16H14O2/c1-13(9-17-10-20(25)21(26)11-19(17)24)15-5-7-29(8-6-15)23(30)18-12-27-22(16-3-4-16)28-14(18)2;1-11(17)18-10-16-14-8-4-2-6-12(14)13-7-3-5-9-15(13)16/h10-13,15-16H,3-9H2,1-2H3;2-9,16H,10H2,1H3. The Morgan fingerprint density at radius 3 is 2.08 bits per heavy atom. The zero-order valence-corrected chi connectivity index (χ0v) is 27.5. The summed E-state index contributed by atoms with van der Waals surface area (Å²) < 4.78 is 45.8. The van der Waals surface area contributed by atoms with Gasteiger partial charge in [-0.1, -0.05) is 55.5 Å². The fraction of sp³-hybridized carbons (Fsp3) is 0.385. The van der Waals surface area contributed by atoms with E-state index in [-0.39, 0.29) is 35.2 Å². The first-order chi connectivity index (χ1) is 23.1. The number of nitrogens with zero attached hydrogens (tertiary/aromatic N) is 3. The van der Waals surface area contributed by atoms with E-state index in [4.69, 9.17) is 4.74 Å². The van der Waals surface area contributed by atoms with Crippen LogP contribution in [0.4, 0.5) is 13.2 Å². The average molecular weight is 656 g/mol. The highest BCUT2D eigenvalue weighted by Crippen LogP contribution is 2.44. The van der Waals surface area contributed by atoms with Crippen LogP contribution in [0.3, 0.4) is 0 Å². The van der Waals surface area contributed by atoms with E-state index >= 15 is 0 Å². The maximum absolute atomic E-state index is 14.0. The SMILES string of the molecule is CC(=O)OCC1c2ccccc2-c2ccccc21.Cc1nc(C2CC2)ncc1C(=O)N1CCC(C(C)Cc2cc(F)c(F)cc2F)CC1. The summed E-state index contributed by atoms with van der Waals surface area (Å²) >= 11 is 0. The highest BCUT2D eigenvalue weighted by molar-refractivity contribution is 5.95. The average Bonchev–Trinajstić information content (AvgIpc) is 3.89. The van der Waals surface area contributed by atoms with Crippen molar-refractivity contribution in [2.24, 2.45) is 11.8 Å². The van der Waals surface area contributed by atoms with Gasteiger partial charge >= 0.3 is 5.97 Å². The minimum atomic E-state index is -1.17. The summed E-state index contributed by atoms with van der Waals surface area (Å²) in [6, 6.07) is 18.2. The van der Waals surface area contributed by atoms with Crippen molar-refractivity contribution < 1.29 is 27.5 Å². The Morgan fingerprint density at radius 2 is 1.50 bits per heavy atom. The molecule has 6 nitrogen and oxygen atoms in total. The number of benzene rings is 3. The Balaban J connectivity index is 0.000000189. The highest BCUT2D eigenvalue weighted by Gasteiger charge is 2.31. The van der Waals surface area contributed by atoms with Gasteiger partial charge in [0.05, 0.1) is 11.3 Å². The molecule has 2 heterocycles. The lowest BCUT2D eigenvalue weighted by atomic mass is 9.81. The monoisotopic (exact) mass is 655 g/mol. The molecule has 4 aromatic rings. The van der Waals surface area contributed by atoms with Crippen LogP contribution in [0.5, 0.6) is 0 Å². The molecule has 0 bridgehead atoms. The van der Waals surface area contributed by atoms with Crippen LogP contribution >= 0.6 is 0 Å². The molecule has 1 saturated carbocycles. The number of rotatable bonds is 7. The first-order valence-electron chi connectivity index (χ1n) is 16.7. The molecule has 7 rings (SSSR count). The lowest BCUT2D eigenvalue weighted by Crippen LogP contribution is -2.40. The minimum Gasteiger partial charge on any atom is -0.465 e. The van der Waals surface area contributed by atoms with E-state index in [9.17, 15) is 22.8 Å². The molecule has 2 aliphatic carbocycles. The summed E-state index contributed by atoms with van der Waals surface area (Å²) in [4.78, 5) is 34.6. The molecule has 250 valence electrons. The number of aryl methyl sites for hydroxylation is 1. The molecule has 0 spiro atoms. The largest absolute Gasteiger partial charge is 0.465 e. The molecule has 1 aromatic heterocycles. The number of carbonyl (C=O) groups excluding carboxylic acids is 2. The Morgan fingerprint density at radius 1 is 0.896 bits per heavy atom. The fourth-order valence-corrected chi connectivity index (χ4v) is 6.95. The van der Waals surface area contributed by atoms with E-state index in [1.807, 2.05) is 43.0 Å². The maximum Gasteiger partial charge on any atom is 0.302 e. The van der Waals surface area contributed by atoms with Gasteiger partial charge in [-0.3, -0.25) is 9.59 Å². The number of piperidine rings is 1. The van der Waals surface area contributed by atoms with Gasteiger partial charge in [0, 0.05) is 44.1 Å². The number of hydrogen-bond donors (Lipinski definition) is 0. The number of likely N-dealkylation sites (tertiary alicyclic amines) is 1. The lowest BCUT2D eigenvalue weighted by Gasteiger charge is -2.35. The van der Waals surface area contributed by atoms with Crippen molar-refractivity contribution in [3.63, 3.8) is 0 Å². The number of ether oxygens (including phenoxy) is 1. The van der Waals surface area contributed by atoms with Gasteiger partial charge in [0.25, 0.3) is 5.91 Å². The van der Waals surface area contributed by atoms with Gasteiger partial charge in [-0.2, -0.15) is 0 Å². The summed E-state index contributed by atoms with van der Waals surface area (Å²) in [5.74, 6) is -1.33. The van der Waals surface area contributed by atoms with Gasteiger partial charge in [-0.15, -0.1) is 0 Å². The Bertz CT molecular complexity index is 1770. The molecule has 1 saturated heterocycles. The maximum atomic E-state index is 14.0. The molecular formula is C39H40F3N3O3. The van der Waals surface area contributed by atoms with Crippen LogP contribution in [-0.4, -0.2) is 46.4 Å². The van der Waals surface area contributed by atoms with Crippen molar-refractivity contribution in [1.82, 2.24) is 14.9 Å². The number of amides is 1. The molecule has 1 aliphatic heterocycles. The quantitative estimate of drug-likeness (QED) is 0.148. The molecule has 1 atom stereocenters. The molecular weight excluding hydrogens is 615 g/mol. The highest BCUT2D eigenvalue weighted by atomic mass is 19.2. The van der Waals surface area contributed by atoms with Gasteiger partial charge < -0.3 is 9.64 Å². The number of carbonyl (C=O) groups is 2. The van der Waals surface area contributed by atoms with Crippen LogP contribution in [-0.2, 0) is 16.0 Å². The van der Waals surface area contributed by atoms with Gasteiger partial charge in [0.1, 0.15) is 18.2 Å². The topological polar surface area (TPSA) is 72.4 Å². The second-order valence-corrected chi connectivity index (χ2v) is 13.2. The third-order valence-electron chi connectivity index (χ3n) is 9.85. The third kappa shape index (κ3) is 7.30. The van der Waals surface area contributed by atoms with Crippen molar-refractivity contribution in [3.8, 4) is 11.1 Å². The Kier molecular flexibility index (Phi) is 9.94. The predicted octanol–water partition coefficient (Wildman–Crippen LogP) is 8.17. The molecule has 3 aliphatic rings. The van der Waals surface area contributed by atoms with E-state index in [0.717, 1.165) is 43.3 Å². The minimum absolute atomic E-state index is 0.0485. The molecule has 3 aromatic carbocycles. The van der Waals surface area contributed by atoms with Gasteiger partial charge in [0.2, 0.25) is 0 Å². The molecule has 48 heavy (non-hydrogen) atoms. The van der Waals surface area contributed by atoms with E-state index in [1.54, 1.807) is 6.20 Å². The summed E-state index contributed by atoms with van der Waals surface area (Å²) in [5.41, 5.74) is 6.48. The van der Waals surface area contributed by atoms with Crippen LogP contribution < -0.4 is 0 Å². The van der Waals surface area contributed by atoms with Crippen molar-refractivity contribution in [1.29, 1.82) is 0 Å². The molecule has 1 amide bonds. The molecule has 0 N–H and O–H groups in total. The number of halogens is 3. The summed E-state index contributed by atoms with van der Waals surface area (Å²) in [7, 11) is 0. The van der Waals surface area contributed by atoms with E-state index in [0.29, 0.717) is 43.7 Å². The molecule has 0 radical (unpaired) electrons. The van der Waals surface area contributed by atoms with Crippen LogP contribution in [0.25, 0.3) is 11.1 Å². The number of fused-ring (bicyclic) bond motifs is 3. The van der Waals surface area contributed by atoms with Gasteiger partial charge in [0.15, 0.2) is 11.6 Å². The Labute approximate surface area is 279 Å². The summed E-state index contributed by atoms with van der Waals surface area (Å²) in [6.07, 6.45) is 5.81. The first kappa shape index (κ1) is 33.4. The van der Waals surface area contributed by atoms with Crippen LogP contribution in [0, 0.1) is 36.2 Å². The number of esters is 1. The Hall–Kier alpha value is -4.53. The van der Waals surface area contributed by atoms with Crippen molar-refractivity contribution in [3.05, 3.63) is 118 Å². The van der Waals surface area contributed by atoms with Crippen LogP contribution in [0.1, 0.15) is 89.9 Å². The smallest absolute Gasteiger partial charge is 0.302 e. The molecule has 9 heteroatoms. The van der Waals surface area contributed by atoms with E-state index in [2.05, 4.69) is 34.2 Å².